The fraction of sp³-hybridized carbons (Fsp3) is 0.333. The van der Waals surface area contributed by atoms with Gasteiger partial charge in [0.15, 0.2) is 0 Å². The van der Waals surface area contributed by atoms with Crippen LogP contribution in [0.25, 0.3) is 0 Å². The predicted octanol–water partition coefficient (Wildman–Crippen LogP) is 2.93. The fourth-order valence-electron chi connectivity index (χ4n) is 1.32. The molecule has 0 unspecified atom stereocenters. The molecule has 4 heteroatoms. The molecule has 1 rings (SSSR count). The van der Waals surface area contributed by atoms with Crippen molar-refractivity contribution in [3.05, 3.63) is 33.4 Å². The molecule has 0 atom stereocenters. The van der Waals surface area contributed by atoms with E-state index in [4.69, 9.17) is 0 Å². The Hall–Kier alpha value is -1.03. The van der Waals surface area contributed by atoms with E-state index in [2.05, 4.69) is 0 Å². The highest BCUT2D eigenvalue weighted by molar-refractivity contribution is 7.98. The molecule has 0 aromatic heterocycles. The maximum Gasteiger partial charge on any atom is 0.276 e. The van der Waals surface area contributed by atoms with Gasteiger partial charge in [-0.25, -0.2) is 0 Å². The normalized spacial score (nSPS) is 10.1. The third kappa shape index (κ3) is 1.83. The standard InChI is InChI=1S/C9H11NO2S/c1-6-4-5-8(13-3)7(2)9(6)10(11)12/h4-5H,1-3H3. The minimum Gasteiger partial charge on any atom is -0.258 e. The van der Waals surface area contributed by atoms with Gasteiger partial charge in [0.05, 0.1) is 4.92 Å². The molecule has 0 bridgehead atoms. The van der Waals surface area contributed by atoms with Crippen LogP contribution in [0.2, 0.25) is 0 Å². The zero-order valence-electron chi connectivity index (χ0n) is 7.83. The smallest absolute Gasteiger partial charge is 0.258 e. The van der Waals surface area contributed by atoms with E-state index >= 15 is 0 Å². The summed E-state index contributed by atoms with van der Waals surface area (Å²) >= 11 is 1.53. The summed E-state index contributed by atoms with van der Waals surface area (Å²) in [6.45, 7) is 3.55. The van der Waals surface area contributed by atoms with Gasteiger partial charge in [0.1, 0.15) is 0 Å². The van der Waals surface area contributed by atoms with Crippen LogP contribution in [-0.4, -0.2) is 11.2 Å². The molecule has 0 aliphatic rings. The van der Waals surface area contributed by atoms with Crippen LogP contribution in [0, 0.1) is 24.0 Å². The van der Waals surface area contributed by atoms with E-state index in [0.717, 1.165) is 16.0 Å². The Bertz CT molecular complexity index is 350. The van der Waals surface area contributed by atoms with Crippen LogP contribution in [0.4, 0.5) is 5.69 Å². The van der Waals surface area contributed by atoms with Gasteiger partial charge in [-0.3, -0.25) is 10.1 Å². The van der Waals surface area contributed by atoms with Crippen LogP contribution in [0.15, 0.2) is 17.0 Å². The van der Waals surface area contributed by atoms with E-state index in [1.54, 1.807) is 19.9 Å². The lowest BCUT2D eigenvalue weighted by molar-refractivity contribution is -0.386. The predicted molar refractivity (Wildman–Crippen MR) is 54.4 cm³/mol. The molecule has 0 N–H and O–H groups in total. The molecule has 0 spiro atoms. The Labute approximate surface area is 81.3 Å². The van der Waals surface area contributed by atoms with Crippen LogP contribution < -0.4 is 0 Å². The van der Waals surface area contributed by atoms with Gasteiger partial charge in [0.25, 0.3) is 5.69 Å². The maximum atomic E-state index is 10.7. The first-order valence-electron chi connectivity index (χ1n) is 3.86. The molecule has 0 aliphatic carbocycles. The van der Waals surface area contributed by atoms with Crippen molar-refractivity contribution in [2.45, 2.75) is 18.7 Å². The molecule has 0 saturated carbocycles. The summed E-state index contributed by atoms with van der Waals surface area (Å²) < 4.78 is 0. The average molecular weight is 197 g/mol. The Morgan fingerprint density at radius 2 is 2.00 bits per heavy atom. The second-order valence-corrected chi connectivity index (χ2v) is 3.66. The minimum atomic E-state index is -0.315. The molecule has 0 amide bonds. The number of nitrogens with zero attached hydrogens (tertiary/aromatic N) is 1. The molecule has 0 aliphatic heterocycles. The molecule has 0 radical (unpaired) electrons. The summed E-state index contributed by atoms with van der Waals surface area (Å²) in [7, 11) is 0. The number of benzene rings is 1. The van der Waals surface area contributed by atoms with Crippen molar-refractivity contribution in [2.75, 3.05) is 6.26 Å². The van der Waals surface area contributed by atoms with E-state index < -0.39 is 0 Å². The number of nitro groups is 1. The highest BCUT2D eigenvalue weighted by Gasteiger charge is 2.16. The van der Waals surface area contributed by atoms with Gasteiger partial charge in [0.2, 0.25) is 0 Å². The molecule has 3 nitrogen and oxygen atoms in total. The van der Waals surface area contributed by atoms with E-state index in [1.807, 2.05) is 12.3 Å². The van der Waals surface area contributed by atoms with Crippen LogP contribution in [0.1, 0.15) is 11.1 Å². The zero-order chi connectivity index (χ0) is 10.0. The summed E-state index contributed by atoms with van der Waals surface area (Å²) in [5.74, 6) is 0. The SMILES string of the molecule is CSc1ccc(C)c([N+](=O)[O-])c1C. The van der Waals surface area contributed by atoms with Crippen molar-refractivity contribution in [1.29, 1.82) is 0 Å². The van der Waals surface area contributed by atoms with Crippen molar-refractivity contribution in [3.63, 3.8) is 0 Å². The first-order valence-corrected chi connectivity index (χ1v) is 5.09. The molecule has 13 heavy (non-hydrogen) atoms. The molecular weight excluding hydrogens is 186 g/mol. The minimum absolute atomic E-state index is 0.242. The van der Waals surface area contributed by atoms with Crippen molar-refractivity contribution < 1.29 is 4.92 Å². The first kappa shape index (κ1) is 10.1. The fourth-order valence-corrected chi connectivity index (χ4v) is 1.93. The van der Waals surface area contributed by atoms with Crippen LogP contribution >= 0.6 is 11.8 Å². The Morgan fingerprint density at radius 1 is 1.38 bits per heavy atom. The van der Waals surface area contributed by atoms with Gasteiger partial charge < -0.3 is 0 Å². The largest absolute Gasteiger partial charge is 0.276 e. The van der Waals surface area contributed by atoms with E-state index in [-0.39, 0.29) is 10.6 Å². The highest BCUT2D eigenvalue weighted by Crippen LogP contribution is 2.30. The topological polar surface area (TPSA) is 43.1 Å². The lowest BCUT2D eigenvalue weighted by atomic mass is 10.1. The Kier molecular flexibility index (Phi) is 2.93. The molecule has 0 heterocycles. The third-order valence-electron chi connectivity index (χ3n) is 1.99. The Balaban J connectivity index is 3.38. The molecule has 1 aromatic rings. The molecule has 0 saturated heterocycles. The number of hydrogen-bond donors (Lipinski definition) is 0. The molecule has 1 aromatic carbocycles. The van der Waals surface area contributed by atoms with E-state index in [1.165, 1.54) is 11.8 Å². The van der Waals surface area contributed by atoms with Gasteiger partial charge in [0, 0.05) is 16.0 Å². The average Bonchev–Trinajstić information content (AvgIpc) is 2.04. The van der Waals surface area contributed by atoms with Crippen molar-refractivity contribution in [2.24, 2.45) is 0 Å². The van der Waals surface area contributed by atoms with Crippen LogP contribution in [-0.2, 0) is 0 Å². The maximum absolute atomic E-state index is 10.7. The number of rotatable bonds is 2. The third-order valence-corrected chi connectivity index (χ3v) is 2.87. The molecule has 70 valence electrons. The highest BCUT2D eigenvalue weighted by atomic mass is 32.2. The van der Waals surface area contributed by atoms with Crippen molar-refractivity contribution in [3.8, 4) is 0 Å². The van der Waals surface area contributed by atoms with E-state index in [0.29, 0.717) is 0 Å². The summed E-state index contributed by atoms with van der Waals surface area (Å²) in [6.07, 6.45) is 1.92. The summed E-state index contributed by atoms with van der Waals surface area (Å²) in [4.78, 5) is 11.4. The van der Waals surface area contributed by atoms with Gasteiger partial charge in [-0.1, -0.05) is 6.07 Å². The van der Waals surface area contributed by atoms with Gasteiger partial charge in [-0.05, 0) is 26.2 Å². The second kappa shape index (κ2) is 3.79. The number of nitro benzene ring substituents is 1. The molecule has 0 fully saturated rings. The number of thioether (sulfide) groups is 1. The van der Waals surface area contributed by atoms with E-state index in [9.17, 15) is 10.1 Å². The van der Waals surface area contributed by atoms with Gasteiger partial charge >= 0.3 is 0 Å². The van der Waals surface area contributed by atoms with Gasteiger partial charge in [-0.15, -0.1) is 11.8 Å². The monoisotopic (exact) mass is 197 g/mol. The first-order chi connectivity index (χ1) is 6.07. The summed E-state index contributed by atoms with van der Waals surface area (Å²) in [5.41, 5.74) is 1.73. The van der Waals surface area contributed by atoms with Crippen LogP contribution in [0.3, 0.4) is 0 Å². The number of aryl methyl sites for hydroxylation is 1. The quantitative estimate of drug-likeness (QED) is 0.416. The number of hydrogen-bond acceptors (Lipinski definition) is 3. The van der Waals surface area contributed by atoms with Crippen molar-refractivity contribution >= 4 is 17.4 Å². The summed E-state index contributed by atoms with van der Waals surface area (Å²) in [6, 6.07) is 3.71. The summed E-state index contributed by atoms with van der Waals surface area (Å²) in [5, 5.41) is 10.7. The van der Waals surface area contributed by atoms with Crippen molar-refractivity contribution in [1.82, 2.24) is 0 Å². The van der Waals surface area contributed by atoms with Gasteiger partial charge in [-0.2, -0.15) is 0 Å². The molecular formula is C9H11NO2S. The zero-order valence-corrected chi connectivity index (χ0v) is 8.64. The van der Waals surface area contributed by atoms with Crippen LogP contribution in [0.5, 0.6) is 0 Å². The lowest BCUT2D eigenvalue weighted by Gasteiger charge is -2.04. The lowest BCUT2D eigenvalue weighted by Crippen LogP contribution is -1.96. The second-order valence-electron chi connectivity index (χ2n) is 2.82. The Morgan fingerprint density at radius 3 is 2.46 bits per heavy atom.